The van der Waals surface area contributed by atoms with Gasteiger partial charge in [-0.2, -0.15) is 0 Å². The minimum atomic E-state index is -0.416. The number of halogens is 1. The van der Waals surface area contributed by atoms with Crippen molar-refractivity contribution in [1.82, 2.24) is 0 Å². The second kappa shape index (κ2) is 2.90. The lowest BCUT2D eigenvalue weighted by atomic mass is 11.3. The third-order valence-electron chi connectivity index (χ3n) is 0.325. The van der Waals surface area contributed by atoms with Crippen LogP contribution in [0.3, 0.4) is 0 Å². The molecular weight excluding hydrogens is 191 g/mol. The largest absolute Gasteiger partial charge is 0.129 e. The molecule has 0 aliphatic heterocycles. The van der Waals surface area contributed by atoms with Crippen molar-refractivity contribution in [3.8, 4) is 0 Å². The monoisotopic (exact) mass is 198 g/mol. The first-order valence-corrected chi connectivity index (χ1v) is 7.53. The maximum atomic E-state index is 3.61. The van der Waals surface area contributed by atoms with Crippen molar-refractivity contribution >= 4 is 28.1 Å². The van der Waals surface area contributed by atoms with E-state index in [9.17, 15) is 0 Å². The maximum absolute atomic E-state index is 3.61. The highest BCUT2D eigenvalue weighted by molar-refractivity contribution is 14.1. The predicted octanol–water partition coefficient (Wildman–Crippen LogP) is 1.50. The highest BCUT2D eigenvalue weighted by Crippen LogP contribution is 1.90. The van der Waals surface area contributed by atoms with Gasteiger partial charge in [-0.25, -0.2) is 0 Å². The average molecular weight is 198 g/mol. The van der Waals surface area contributed by atoms with Crippen LogP contribution in [0.4, 0.5) is 0 Å². The van der Waals surface area contributed by atoms with Crippen LogP contribution >= 0.6 is 21.8 Å². The molecule has 0 rings (SSSR count). The molecule has 30 valence electrons. The van der Waals surface area contributed by atoms with Crippen LogP contribution in [0.1, 0.15) is 0 Å². The standard InChI is InChI=1S/C3H7ISi/c1-3-5(2)4/h3,5H,1H2,2H3. The Bertz CT molecular complexity index is 33.9. The lowest BCUT2D eigenvalue weighted by molar-refractivity contribution is 2.25. The zero-order chi connectivity index (χ0) is 4.28. The first-order valence-electron chi connectivity index (χ1n) is 1.54. The van der Waals surface area contributed by atoms with E-state index in [1.807, 2.05) is 5.70 Å². The van der Waals surface area contributed by atoms with Gasteiger partial charge in [0.1, 0.15) is 6.29 Å². The van der Waals surface area contributed by atoms with E-state index in [0.717, 1.165) is 0 Å². The van der Waals surface area contributed by atoms with Crippen LogP contribution in [0.25, 0.3) is 0 Å². The third-order valence-corrected chi connectivity index (χ3v) is 2.50. The molecule has 2 heteroatoms. The highest BCUT2D eigenvalue weighted by Gasteiger charge is 1.80. The van der Waals surface area contributed by atoms with E-state index >= 15 is 0 Å². The topological polar surface area (TPSA) is 0 Å². The summed E-state index contributed by atoms with van der Waals surface area (Å²) in [7, 11) is 0. The SMILES string of the molecule is C=C[SiH](C)I. The normalized spacial score (nSPS) is 14.0. The van der Waals surface area contributed by atoms with E-state index in [1.54, 1.807) is 0 Å². The molecule has 0 radical (unpaired) electrons. The molecule has 0 nitrogen and oxygen atoms in total. The maximum Gasteiger partial charge on any atom is 0.129 e. The van der Waals surface area contributed by atoms with E-state index in [1.165, 1.54) is 0 Å². The van der Waals surface area contributed by atoms with Gasteiger partial charge in [-0.3, -0.25) is 0 Å². The Kier molecular flexibility index (Phi) is 3.30. The van der Waals surface area contributed by atoms with Gasteiger partial charge in [0.25, 0.3) is 0 Å². The van der Waals surface area contributed by atoms with Gasteiger partial charge in [0.2, 0.25) is 0 Å². The van der Waals surface area contributed by atoms with Gasteiger partial charge in [-0.15, -0.1) is 28.4 Å². The molecule has 0 aromatic heterocycles. The van der Waals surface area contributed by atoms with Gasteiger partial charge in [0.15, 0.2) is 0 Å². The summed E-state index contributed by atoms with van der Waals surface area (Å²) in [5.41, 5.74) is 2.04. The van der Waals surface area contributed by atoms with E-state index in [0.29, 0.717) is 0 Å². The Labute approximate surface area is 47.1 Å². The molecule has 0 bridgehead atoms. The smallest absolute Gasteiger partial charge is 0.118 e. The van der Waals surface area contributed by atoms with E-state index < -0.39 is 6.29 Å². The lowest BCUT2D eigenvalue weighted by Gasteiger charge is -1.78. The fourth-order valence-electron chi connectivity index (χ4n) is 0. The summed E-state index contributed by atoms with van der Waals surface area (Å²) in [4.78, 5) is 0. The molecule has 0 aliphatic carbocycles. The molecule has 0 saturated carbocycles. The number of hydrogen-bond donors (Lipinski definition) is 0. The van der Waals surface area contributed by atoms with Gasteiger partial charge >= 0.3 is 0 Å². The third kappa shape index (κ3) is 4.69. The summed E-state index contributed by atoms with van der Waals surface area (Å²) < 4.78 is 0. The molecule has 1 unspecified atom stereocenters. The van der Waals surface area contributed by atoms with Gasteiger partial charge in [0, 0.05) is 0 Å². The molecule has 0 aromatic carbocycles. The molecule has 0 heterocycles. The van der Waals surface area contributed by atoms with Gasteiger partial charge in [-0.1, -0.05) is 12.2 Å². The molecule has 0 aromatic rings. The number of rotatable bonds is 1. The second-order valence-electron chi connectivity index (χ2n) is 0.913. The van der Waals surface area contributed by atoms with Crippen molar-refractivity contribution in [3.63, 3.8) is 0 Å². The Balaban J connectivity index is 2.83. The summed E-state index contributed by atoms with van der Waals surface area (Å²) in [6, 6.07) is 0. The zero-order valence-electron chi connectivity index (χ0n) is 3.24. The highest BCUT2D eigenvalue weighted by atomic mass is 127. The van der Waals surface area contributed by atoms with Crippen LogP contribution in [-0.4, -0.2) is 6.29 Å². The van der Waals surface area contributed by atoms with Gasteiger partial charge in [-0.05, 0) is 0 Å². The summed E-state index contributed by atoms with van der Waals surface area (Å²) >= 11 is 2.43. The molecule has 0 aliphatic rings. The first-order chi connectivity index (χ1) is 2.27. The molecule has 0 amide bonds. The van der Waals surface area contributed by atoms with Crippen molar-refractivity contribution in [1.29, 1.82) is 0 Å². The molecule has 0 fully saturated rings. The van der Waals surface area contributed by atoms with E-state index in [4.69, 9.17) is 0 Å². The second-order valence-corrected chi connectivity index (χ2v) is 8.63. The van der Waals surface area contributed by atoms with Crippen molar-refractivity contribution in [2.45, 2.75) is 6.55 Å². The zero-order valence-corrected chi connectivity index (χ0v) is 6.55. The number of hydrogen-bond acceptors (Lipinski definition) is 0. The summed E-state index contributed by atoms with van der Waals surface area (Å²) in [6.45, 7) is 5.84. The van der Waals surface area contributed by atoms with E-state index in [-0.39, 0.29) is 0 Å². The first kappa shape index (κ1) is 5.69. The average Bonchev–Trinajstić information content (AvgIpc) is 1.38. The predicted molar refractivity (Wildman–Crippen MR) is 37.2 cm³/mol. The summed E-state index contributed by atoms with van der Waals surface area (Å²) in [5.74, 6) is 0. The van der Waals surface area contributed by atoms with E-state index in [2.05, 4.69) is 34.9 Å². The van der Waals surface area contributed by atoms with Gasteiger partial charge in [0.05, 0.1) is 0 Å². The molecular formula is C3H7ISi. The van der Waals surface area contributed by atoms with Crippen LogP contribution in [0, 0.1) is 0 Å². The van der Waals surface area contributed by atoms with Gasteiger partial charge < -0.3 is 0 Å². The lowest BCUT2D eigenvalue weighted by Crippen LogP contribution is -1.82. The molecule has 0 saturated heterocycles. The Hall–Kier alpha value is 0.687. The van der Waals surface area contributed by atoms with Crippen molar-refractivity contribution in [2.75, 3.05) is 0 Å². The van der Waals surface area contributed by atoms with Crippen molar-refractivity contribution in [2.24, 2.45) is 0 Å². The molecule has 0 N–H and O–H groups in total. The molecule has 5 heavy (non-hydrogen) atoms. The van der Waals surface area contributed by atoms with Crippen LogP contribution in [-0.2, 0) is 0 Å². The van der Waals surface area contributed by atoms with Crippen LogP contribution in [0.2, 0.25) is 6.55 Å². The minimum Gasteiger partial charge on any atom is -0.118 e. The van der Waals surface area contributed by atoms with Crippen LogP contribution in [0.5, 0.6) is 0 Å². The van der Waals surface area contributed by atoms with Crippen molar-refractivity contribution < 1.29 is 0 Å². The van der Waals surface area contributed by atoms with Crippen molar-refractivity contribution in [3.05, 3.63) is 12.3 Å². The van der Waals surface area contributed by atoms with Crippen LogP contribution in [0.15, 0.2) is 12.3 Å². The minimum absolute atomic E-state index is 0.416. The Morgan fingerprint density at radius 2 is 2.20 bits per heavy atom. The fourth-order valence-corrected chi connectivity index (χ4v) is 0. The fraction of sp³-hybridized carbons (Fsp3) is 0.333. The summed E-state index contributed by atoms with van der Waals surface area (Å²) in [5, 5.41) is 0. The molecule has 1 atom stereocenters. The summed E-state index contributed by atoms with van der Waals surface area (Å²) in [6.07, 6.45) is -0.416. The quantitative estimate of drug-likeness (QED) is 0.340. The molecule has 0 spiro atoms. The Morgan fingerprint density at radius 1 is 2.00 bits per heavy atom. The Morgan fingerprint density at radius 3 is 2.20 bits per heavy atom. The van der Waals surface area contributed by atoms with Crippen LogP contribution < -0.4 is 0 Å².